The average Bonchev–Trinajstić information content (AvgIpc) is 2.96. The second-order valence-electron chi connectivity index (χ2n) is 6.89. The summed E-state index contributed by atoms with van der Waals surface area (Å²) in [5, 5.41) is 5.82. The molecule has 1 fully saturated rings. The number of hydrogen-bond donors (Lipinski definition) is 2. The van der Waals surface area contributed by atoms with E-state index < -0.39 is 11.8 Å². The van der Waals surface area contributed by atoms with Gasteiger partial charge in [-0.15, -0.1) is 0 Å². The summed E-state index contributed by atoms with van der Waals surface area (Å²) in [7, 11) is 0. The van der Waals surface area contributed by atoms with Gasteiger partial charge < -0.3 is 10.6 Å². The highest BCUT2D eigenvalue weighted by atomic mass is 16.2. The quantitative estimate of drug-likeness (QED) is 0.652. The van der Waals surface area contributed by atoms with Gasteiger partial charge in [0.2, 0.25) is 0 Å². The van der Waals surface area contributed by atoms with Gasteiger partial charge >= 0.3 is 11.8 Å². The molecule has 0 aliphatic heterocycles. The molecule has 3 rings (SSSR count). The van der Waals surface area contributed by atoms with Gasteiger partial charge in [0.25, 0.3) is 0 Å². The fourth-order valence-corrected chi connectivity index (χ4v) is 3.52. The molecule has 0 atom stereocenters. The SMILES string of the molecule is O=C(NC1CCCCCC1)C(=O)NC(c1ccccc1)c1ccccc1. The molecule has 0 aromatic heterocycles. The minimum absolute atomic E-state index is 0.114. The van der Waals surface area contributed by atoms with Crippen LogP contribution in [0.15, 0.2) is 60.7 Å². The van der Waals surface area contributed by atoms with Gasteiger partial charge in [0.05, 0.1) is 6.04 Å². The molecule has 1 saturated carbocycles. The average molecular weight is 350 g/mol. The van der Waals surface area contributed by atoms with Gasteiger partial charge in [-0.1, -0.05) is 86.3 Å². The van der Waals surface area contributed by atoms with E-state index in [0.29, 0.717) is 0 Å². The summed E-state index contributed by atoms with van der Waals surface area (Å²) < 4.78 is 0. The van der Waals surface area contributed by atoms with E-state index in [-0.39, 0.29) is 12.1 Å². The topological polar surface area (TPSA) is 58.2 Å². The molecule has 2 N–H and O–H groups in total. The zero-order valence-electron chi connectivity index (χ0n) is 15.0. The maximum atomic E-state index is 12.5. The van der Waals surface area contributed by atoms with Crippen LogP contribution in [0.3, 0.4) is 0 Å². The summed E-state index contributed by atoms with van der Waals surface area (Å²) in [5.41, 5.74) is 1.91. The number of carbonyl (C=O) groups is 2. The summed E-state index contributed by atoms with van der Waals surface area (Å²) in [6.45, 7) is 0. The number of hydrogen-bond acceptors (Lipinski definition) is 2. The van der Waals surface area contributed by atoms with Crippen molar-refractivity contribution in [2.24, 2.45) is 0 Å². The molecule has 0 spiro atoms. The van der Waals surface area contributed by atoms with E-state index in [1.165, 1.54) is 12.8 Å². The maximum Gasteiger partial charge on any atom is 0.310 e. The molecule has 0 bridgehead atoms. The molecule has 136 valence electrons. The van der Waals surface area contributed by atoms with Gasteiger partial charge in [0.1, 0.15) is 0 Å². The zero-order chi connectivity index (χ0) is 18.2. The molecule has 2 aromatic rings. The minimum Gasteiger partial charge on any atom is -0.345 e. The third-order valence-corrected chi connectivity index (χ3v) is 4.94. The lowest BCUT2D eigenvalue weighted by atomic mass is 9.98. The first-order valence-corrected chi connectivity index (χ1v) is 9.45. The Morgan fingerprint density at radius 3 is 1.73 bits per heavy atom. The first-order valence-electron chi connectivity index (χ1n) is 9.45. The number of nitrogens with one attached hydrogen (secondary N) is 2. The van der Waals surface area contributed by atoms with Gasteiger partial charge in [-0.3, -0.25) is 9.59 Å². The molecule has 0 unspecified atom stereocenters. The van der Waals surface area contributed by atoms with E-state index in [4.69, 9.17) is 0 Å². The second kappa shape index (κ2) is 9.18. The molecule has 2 amide bonds. The Balaban J connectivity index is 1.70. The number of rotatable bonds is 4. The van der Waals surface area contributed by atoms with Crippen molar-refractivity contribution in [2.45, 2.75) is 50.6 Å². The van der Waals surface area contributed by atoms with Crippen LogP contribution in [0.4, 0.5) is 0 Å². The summed E-state index contributed by atoms with van der Waals surface area (Å²) in [4.78, 5) is 24.9. The molecule has 1 aliphatic carbocycles. The largest absolute Gasteiger partial charge is 0.345 e. The molecule has 2 aromatic carbocycles. The van der Waals surface area contributed by atoms with Gasteiger partial charge in [0.15, 0.2) is 0 Å². The van der Waals surface area contributed by atoms with Crippen molar-refractivity contribution < 1.29 is 9.59 Å². The first-order chi connectivity index (χ1) is 12.7. The molecule has 4 heteroatoms. The number of amides is 2. The van der Waals surface area contributed by atoms with Crippen molar-refractivity contribution in [3.8, 4) is 0 Å². The minimum atomic E-state index is -0.577. The van der Waals surface area contributed by atoms with Crippen molar-refractivity contribution >= 4 is 11.8 Å². The highest BCUT2D eigenvalue weighted by Crippen LogP contribution is 2.22. The van der Waals surface area contributed by atoms with Crippen LogP contribution in [0.5, 0.6) is 0 Å². The molecular formula is C22H26N2O2. The highest BCUT2D eigenvalue weighted by molar-refractivity contribution is 6.35. The monoisotopic (exact) mass is 350 g/mol. The smallest absolute Gasteiger partial charge is 0.310 e. The van der Waals surface area contributed by atoms with Crippen molar-refractivity contribution in [3.63, 3.8) is 0 Å². The summed E-state index contributed by atoms with van der Waals surface area (Å²) in [6.07, 6.45) is 6.57. The Bertz CT molecular complexity index is 668. The van der Waals surface area contributed by atoms with Crippen molar-refractivity contribution in [2.75, 3.05) is 0 Å². The third-order valence-electron chi connectivity index (χ3n) is 4.94. The lowest BCUT2D eigenvalue weighted by molar-refractivity contribution is -0.140. The highest BCUT2D eigenvalue weighted by Gasteiger charge is 2.23. The van der Waals surface area contributed by atoms with Gasteiger partial charge in [-0.2, -0.15) is 0 Å². The Labute approximate surface area is 155 Å². The van der Waals surface area contributed by atoms with Crippen LogP contribution in [0.2, 0.25) is 0 Å². The maximum absolute atomic E-state index is 12.5. The van der Waals surface area contributed by atoms with Crippen LogP contribution in [0.25, 0.3) is 0 Å². The standard InChI is InChI=1S/C22H26N2O2/c25-21(23-19-15-9-1-2-10-16-19)22(26)24-20(17-11-5-3-6-12-17)18-13-7-4-8-14-18/h3-8,11-14,19-20H,1-2,9-10,15-16H2,(H,23,25)(H,24,26). The molecule has 26 heavy (non-hydrogen) atoms. The molecular weight excluding hydrogens is 324 g/mol. The lowest BCUT2D eigenvalue weighted by Crippen LogP contribution is -2.45. The fourth-order valence-electron chi connectivity index (χ4n) is 3.52. The van der Waals surface area contributed by atoms with E-state index in [9.17, 15) is 9.59 Å². The van der Waals surface area contributed by atoms with E-state index in [1.807, 2.05) is 60.7 Å². The number of carbonyl (C=O) groups excluding carboxylic acids is 2. The van der Waals surface area contributed by atoms with E-state index in [0.717, 1.165) is 36.8 Å². The first kappa shape index (κ1) is 18.2. The lowest BCUT2D eigenvalue weighted by Gasteiger charge is -2.21. The van der Waals surface area contributed by atoms with Gasteiger partial charge in [-0.05, 0) is 24.0 Å². The predicted molar refractivity (Wildman–Crippen MR) is 103 cm³/mol. The van der Waals surface area contributed by atoms with Crippen LogP contribution in [0.1, 0.15) is 55.7 Å². The zero-order valence-corrected chi connectivity index (χ0v) is 15.0. The Kier molecular flexibility index (Phi) is 6.42. The molecule has 0 saturated heterocycles. The molecule has 0 heterocycles. The van der Waals surface area contributed by atoms with Gasteiger partial charge in [0, 0.05) is 6.04 Å². The van der Waals surface area contributed by atoms with Crippen LogP contribution >= 0.6 is 0 Å². The number of benzene rings is 2. The van der Waals surface area contributed by atoms with E-state index >= 15 is 0 Å². The second-order valence-corrected chi connectivity index (χ2v) is 6.89. The Hall–Kier alpha value is -2.62. The molecule has 4 nitrogen and oxygen atoms in total. The fraction of sp³-hybridized carbons (Fsp3) is 0.364. The Morgan fingerprint density at radius 1 is 0.731 bits per heavy atom. The van der Waals surface area contributed by atoms with Crippen LogP contribution in [-0.2, 0) is 9.59 Å². The van der Waals surface area contributed by atoms with Crippen LogP contribution in [-0.4, -0.2) is 17.9 Å². The van der Waals surface area contributed by atoms with Crippen LogP contribution < -0.4 is 10.6 Å². The summed E-state index contributed by atoms with van der Waals surface area (Å²) >= 11 is 0. The van der Waals surface area contributed by atoms with Crippen molar-refractivity contribution in [3.05, 3.63) is 71.8 Å². The predicted octanol–water partition coefficient (Wildman–Crippen LogP) is 3.73. The van der Waals surface area contributed by atoms with Crippen molar-refractivity contribution in [1.29, 1.82) is 0 Å². The van der Waals surface area contributed by atoms with Gasteiger partial charge in [-0.25, -0.2) is 0 Å². The third kappa shape index (κ3) is 4.94. The summed E-state index contributed by atoms with van der Waals surface area (Å²) in [6, 6.07) is 19.2. The van der Waals surface area contributed by atoms with E-state index in [2.05, 4.69) is 10.6 Å². The molecule has 1 aliphatic rings. The normalized spacial score (nSPS) is 15.3. The van der Waals surface area contributed by atoms with Crippen LogP contribution in [0, 0.1) is 0 Å². The molecule has 0 radical (unpaired) electrons. The Morgan fingerprint density at radius 2 is 1.23 bits per heavy atom. The van der Waals surface area contributed by atoms with Crippen molar-refractivity contribution in [1.82, 2.24) is 10.6 Å². The summed E-state index contributed by atoms with van der Waals surface area (Å²) in [5.74, 6) is -1.11. The van der Waals surface area contributed by atoms with E-state index in [1.54, 1.807) is 0 Å².